The first-order valence-corrected chi connectivity index (χ1v) is 9.51. The first-order chi connectivity index (χ1) is 14.5. The predicted molar refractivity (Wildman–Crippen MR) is 110 cm³/mol. The number of rotatable bonds is 3. The molecule has 2 amide bonds. The number of piperazine rings is 1. The molecular weight excluding hydrogens is 386 g/mol. The molecule has 2 aliphatic heterocycles. The molecule has 1 atom stereocenters. The van der Waals surface area contributed by atoms with Crippen molar-refractivity contribution in [2.45, 2.75) is 19.0 Å². The first-order valence-electron chi connectivity index (χ1n) is 9.51. The van der Waals surface area contributed by atoms with E-state index in [2.05, 4.69) is 10.1 Å². The SMILES string of the molecule is O=C1C2Cc3c([nH]c4ccccc34)CN2C(=O)CN1N=Cc1cccc(N([O-])O)c1. The fraction of sp³-hybridized carbons (Fsp3) is 0.190. The van der Waals surface area contributed by atoms with E-state index in [1.54, 1.807) is 17.0 Å². The summed E-state index contributed by atoms with van der Waals surface area (Å²) >= 11 is 0. The first kappa shape index (κ1) is 18.3. The number of para-hydroxylation sites is 1. The minimum absolute atomic E-state index is 0.0466. The maximum atomic E-state index is 13.1. The number of aromatic amines is 1. The lowest BCUT2D eigenvalue weighted by molar-refractivity contribution is -0.157. The molecule has 30 heavy (non-hydrogen) atoms. The number of hydrazone groups is 1. The maximum absolute atomic E-state index is 13.1. The van der Waals surface area contributed by atoms with Gasteiger partial charge < -0.3 is 20.3 Å². The molecule has 9 nitrogen and oxygen atoms in total. The van der Waals surface area contributed by atoms with Crippen molar-refractivity contribution in [1.29, 1.82) is 0 Å². The van der Waals surface area contributed by atoms with Crippen molar-refractivity contribution in [3.05, 3.63) is 70.6 Å². The second kappa shape index (κ2) is 6.97. The summed E-state index contributed by atoms with van der Waals surface area (Å²) < 4.78 is 0. The molecule has 0 bridgehead atoms. The standard InChI is InChI=1S/C21H18N5O4/c27-20-12-25(22-10-13-4-3-5-14(8-13)26(29)30)21(28)19-9-16-15-6-1-2-7-17(15)23-18(16)11-24(19)20/h1-8,10,19,23,29H,9,11-12H2/q-1. The molecule has 0 radical (unpaired) electrons. The van der Waals surface area contributed by atoms with Gasteiger partial charge in [-0.2, -0.15) is 5.10 Å². The van der Waals surface area contributed by atoms with Crippen LogP contribution in [0.3, 0.4) is 0 Å². The van der Waals surface area contributed by atoms with Gasteiger partial charge in [-0.15, -0.1) is 0 Å². The number of carbonyl (C=O) groups excluding carboxylic acids is 2. The number of benzene rings is 2. The van der Waals surface area contributed by atoms with Gasteiger partial charge in [0, 0.05) is 23.0 Å². The van der Waals surface area contributed by atoms with Crippen LogP contribution in [0.1, 0.15) is 16.8 Å². The Balaban J connectivity index is 1.42. The van der Waals surface area contributed by atoms with Crippen LogP contribution < -0.4 is 5.23 Å². The summed E-state index contributed by atoms with van der Waals surface area (Å²) in [6, 6.07) is 13.4. The topological polar surface area (TPSA) is 115 Å². The number of H-pyrrole nitrogens is 1. The Morgan fingerprint density at radius 1 is 1.17 bits per heavy atom. The van der Waals surface area contributed by atoms with Gasteiger partial charge in [-0.3, -0.25) is 14.8 Å². The lowest BCUT2D eigenvalue weighted by atomic mass is 9.94. The van der Waals surface area contributed by atoms with Crippen molar-refractivity contribution in [2.24, 2.45) is 5.10 Å². The highest BCUT2D eigenvalue weighted by Crippen LogP contribution is 2.32. The highest BCUT2D eigenvalue weighted by Gasteiger charge is 2.43. The molecule has 5 rings (SSSR count). The van der Waals surface area contributed by atoms with Gasteiger partial charge in [0.05, 0.1) is 18.4 Å². The number of amides is 2. The molecule has 1 unspecified atom stereocenters. The molecule has 3 heterocycles. The van der Waals surface area contributed by atoms with E-state index < -0.39 is 6.04 Å². The number of hydrogen-bond donors (Lipinski definition) is 2. The monoisotopic (exact) mass is 404 g/mol. The molecule has 1 aromatic heterocycles. The summed E-state index contributed by atoms with van der Waals surface area (Å²) in [6.07, 6.45) is 1.83. The summed E-state index contributed by atoms with van der Waals surface area (Å²) in [4.78, 5) is 30.8. The number of aromatic nitrogens is 1. The van der Waals surface area contributed by atoms with Crippen LogP contribution in [0.4, 0.5) is 5.69 Å². The Morgan fingerprint density at radius 3 is 2.83 bits per heavy atom. The smallest absolute Gasteiger partial charge is 0.266 e. The fourth-order valence-electron chi connectivity index (χ4n) is 4.12. The van der Waals surface area contributed by atoms with Crippen LogP contribution in [0, 0.1) is 5.21 Å². The van der Waals surface area contributed by atoms with E-state index >= 15 is 0 Å². The van der Waals surface area contributed by atoms with Gasteiger partial charge >= 0.3 is 0 Å². The van der Waals surface area contributed by atoms with Crippen LogP contribution in [-0.2, 0) is 22.6 Å². The molecule has 2 N–H and O–H groups in total. The maximum Gasteiger partial charge on any atom is 0.266 e. The highest BCUT2D eigenvalue weighted by atomic mass is 16.8. The lowest BCUT2D eigenvalue weighted by Crippen LogP contribution is -2.60. The van der Waals surface area contributed by atoms with Crippen LogP contribution in [0.5, 0.6) is 0 Å². The molecule has 0 aliphatic carbocycles. The molecule has 9 heteroatoms. The Morgan fingerprint density at radius 2 is 2.00 bits per heavy atom. The van der Waals surface area contributed by atoms with Crippen molar-refractivity contribution in [1.82, 2.24) is 14.9 Å². The summed E-state index contributed by atoms with van der Waals surface area (Å²) in [6.45, 7) is 0.226. The third kappa shape index (κ3) is 3.00. The van der Waals surface area contributed by atoms with E-state index in [0.717, 1.165) is 22.2 Å². The molecule has 1 fully saturated rings. The average molecular weight is 404 g/mol. The Hall–Kier alpha value is -3.69. The predicted octanol–water partition coefficient (Wildman–Crippen LogP) is 1.99. The molecule has 0 saturated carbocycles. The summed E-state index contributed by atoms with van der Waals surface area (Å²) in [5.74, 6) is -0.415. The van der Waals surface area contributed by atoms with Gasteiger partial charge in [-0.05, 0) is 29.3 Å². The molecular formula is C21H18N5O4-. The highest BCUT2D eigenvalue weighted by molar-refractivity contribution is 5.97. The van der Waals surface area contributed by atoms with E-state index in [1.807, 2.05) is 24.3 Å². The second-order valence-electron chi connectivity index (χ2n) is 7.38. The third-order valence-electron chi connectivity index (χ3n) is 5.59. The van der Waals surface area contributed by atoms with Crippen molar-refractivity contribution in [3.8, 4) is 0 Å². The molecule has 0 spiro atoms. The van der Waals surface area contributed by atoms with Gasteiger partial charge in [0.25, 0.3) is 5.91 Å². The Kier molecular flexibility index (Phi) is 4.27. The van der Waals surface area contributed by atoms with Crippen LogP contribution in [0.2, 0.25) is 0 Å². The molecule has 1 saturated heterocycles. The van der Waals surface area contributed by atoms with E-state index in [-0.39, 0.29) is 29.3 Å². The van der Waals surface area contributed by atoms with Gasteiger partial charge in [-0.25, -0.2) is 5.01 Å². The van der Waals surface area contributed by atoms with E-state index in [9.17, 15) is 14.8 Å². The zero-order chi connectivity index (χ0) is 20.8. The zero-order valence-electron chi connectivity index (χ0n) is 15.9. The summed E-state index contributed by atoms with van der Waals surface area (Å²) in [7, 11) is 0. The zero-order valence-corrected chi connectivity index (χ0v) is 15.9. The van der Waals surface area contributed by atoms with Crippen LogP contribution >= 0.6 is 0 Å². The minimum Gasteiger partial charge on any atom is -0.733 e. The third-order valence-corrected chi connectivity index (χ3v) is 5.59. The lowest BCUT2D eigenvalue weighted by Gasteiger charge is -2.40. The van der Waals surface area contributed by atoms with Gasteiger partial charge in [0.2, 0.25) is 5.91 Å². The van der Waals surface area contributed by atoms with Crippen molar-refractivity contribution >= 4 is 34.6 Å². The van der Waals surface area contributed by atoms with Gasteiger partial charge in [-0.1, -0.05) is 30.3 Å². The molecule has 2 aliphatic rings. The van der Waals surface area contributed by atoms with E-state index in [1.165, 1.54) is 23.4 Å². The molecule has 152 valence electrons. The van der Waals surface area contributed by atoms with Crippen molar-refractivity contribution in [2.75, 3.05) is 11.8 Å². The van der Waals surface area contributed by atoms with Crippen molar-refractivity contribution < 1.29 is 14.8 Å². The van der Waals surface area contributed by atoms with E-state index in [4.69, 9.17) is 5.21 Å². The molecule has 2 aromatic carbocycles. The number of fused-ring (bicyclic) bond motifs is 4. The number of nitrogens with one attached hydrogen (secondary N) is 1. The second-order valence-corrected chi connectivity index (χ2v) is 7.38. The Bertz CT molecular complexity index is 1190. The minimum atomic E-state index is -0.601. The van der Waals surface area contributed by atoms with Crippen LogP contribution in [-0.4, -0.2) is 50.7 Å². The Labute approximate surface area is 171 Å². The summed E-state index contributed by atoms with van der Waals surface area (Å²) in [5, 5.41) is 26.2. The van der Waals surface area contributed by atoms with Crippen LogP contribution in [0.25, 0.3) is 10.9 Å². The fourth-order valence-corrected chi connectivity index (χ4v) is 4.12. The molecule has 3 aromatic rings. The number of hydrogen-bond acceptors (Lipinski definition) is 6. The van der Waals surface area contributed by atoms with Gasteiger partial charge in [0.15, 0.2) is 0 Å². The largest absolute Gasteiger partial charge is 0.733 e. The number of nitrogens with zero attached hydrogens (tertiary/aromatic N) is 4. The van der Waals surface area contributed by atoms with E-state index in [0.29, 0.717) is 18.5 Å². The average Bonchev–Trinajstić information content (AvgIpc) is 3.12. The number of carbonyl (C=O) groups is 2. The number of anilines is 1. The normalized spacial score (nSPS) is 18.8. The summed E-state index contributed by atoms with van der Waals surface area (Å²) in [5.41, 5.74) is 3.59. The van der Waals surface area contributed by atoms with Crippen LogP contribution in [0.15, 0.2) is 53.6 Å². The quantitative estimate of drug-likeness (QED) is 0.512. The van der Waals surface area contributed by atoms with Gasteiger partial charge in [0.1, 0.15) is 12.6 Å². The van der Waals surface area contributed by atoms with Crippen molar-refractivity contribution in [3.63, 3.8) is 0 Å².